The number of ketones is 1. The number of esters is 3. The first-order valence-corrected chi connectivity index (χ1v) is 10.9. The first-order chi connectivity index (χ1) is 17.3. The molecule has 0 spiro atoms. The molecule has 5 atom stereocenters. The average molecular weight is 520 g/mol. The second-order valence-electron chi connectivity index (χ2n) is 8.23. The summed E-state index contributed by atoms with van der Waals surface area (Å²) in [6.45, 7) is 4.10. The highest BCUT2D eigenvalue weighted by Crippen LogP contribution is 2.38. The molecule has 0 aromatic heterocycles. The van der Waals surface area contributed by atoms with E-state index in [0.717, 1.165) is 26.8 Å². The zero-order chi connectivity index (χ0) is 27.6. The molecule has 0 unspecified atom stereocenters. The van der Waals surface area contributed by atoms with Gasteiger partial charge < -0.3 is 29.2 Å². The summed E-state index contributed by atoms with van der Waals surface area (Å²) in [5, 5.41) is 32.8. The lowest BCUT2D eigenvalue weighted by atomic mass is 9.96. The number of rotatable bonds is 7. The zero-order valence-corrected chi connectivity index (χ0v) is 20.2. The molecule has 0 saturated carbocycles. The van der Waals surface area contributed by atoms with Gasteiger partial charge in [0, 0.05) is 38.1 Å². The van der Waals surface area contributed by atoms with Crippen molar-refractivity contribution >= 4 is 40.8 Å². The fourth-order valence-corrected chi connectivity index (χ4v) is 4.16. The smallest absolute Gasteiger partial charge is 0.303 e. The fourth-order valence-electron chi connectivity index (χ4n) is 4.16. The van der Waals surface area contributed by atoms with Crippen LogP contribution in [-0.2, 0) is 33.3 Å². The summed E-state index contributed by atoms with van der Waals surface area (Å²) in [5.41, 5.74) is -1.45. The molecule has 0 amide bonds. The number of aliphatic hydroxyl groups is 2. The summed E-state index contributed by atoms with van der Waals surface area (Å²) in [5.74, 6) is -3.76. The molecule has 0 radical (unpaired) electrons. The number of allylic oxidation sites excluding steroid dienone is 1. The third-order valence-corrected chi connectivity index (χ3v) is 5.58. The van der Waals surface area contributed by atoms with E-state index in [1.165, 1.54) is 19.1 Å². The van der Waals surface area contributed by atoms with Crippen molar-refractivity contribution in [2.75, 3.05) is 6.61 Å². The van der Waals surface area contributed by atoms with Crippen molar-refractivity contribution in [1.29, 1.82) is 0 Å². The van der Waals surface area contributed by atoms with E-state index >= 15 is 0 Å². The molecule has 1 aromatic carbocycles. The molecule has 3 rings (SSSR count). The van der Waals surface area contributed by atoms with Crippen molar-refractivity contribution in [2.24, 2.45) is 4.99 Å². The second kappa shape index (κ2) is 10.8. The van der Waals surface area contributed by atoms with Crippen LogP contribution in [0.4, 0.5) is 5.69 Å². The van der Waals surface area contributed by atoms with Gasteiger partial charge in [-0.05, 0) is 13.0 Å². The highest BCUT2D eigenvalue weighted by molar-refractivity contribution is 6.36. The summed E-state index contributed by atoms with van der Waals surface area (Å²) in [6, 6.07) is 2.26. The van der Waals surface area contributed by atoms with E-state index in [-0.39, 0.29) is 22.4 Å². The van der Waals surface area contributed by atoms with E-state index in [1.54, 1.807) is 0 Å². The van der Waals surface area contributed by atoms with Crippen molar-refractivity contribution in [3.05, 3.63) is 45.0 Å². The number of fused-ring (bicyclic) bond motifs is 1. The lowest BCUT2D eigenvalue weighted by Crippen LogP contribution is -2.60. The lowest BCUT2D eigenvalue weighted by Gasteiger charge is -2.42. The van der Waals surface area contributed by atoms with Gasteiger partial charge in [0.05, 0.1) is 10.5 Å². The van der Waals surface area contributed by atoms with Crippen LogP contribution in [-0.4, -0.2) is 81.8 Å². The molecule has 1 saturated heterocycles. The van der Waals surface area contributed by atoms with Gasteiger partial charge in [-0.3, -0.25) is 34.3 Å². The van der Waals surface area contributed by atoms with Crippen LogP contribution in [0.2, 0.25) is 0 Å². The van der Waals surface area contributed by atoms with Crippen LogP contribution >= 0.6 is 0 Å². The largest absolute Gasteiger partial charge is 0.506 e. The topological polar surface area (TPSA) is 201 Å². The number of carbonyl (C=O) groups excluding carboxylic acids is 4. The predicted octanol–water partition coefficient (Wildman–Crippen LogP) is 1.03. The minimum Gasteiger partial charge on any atom is -0.506 e. The molecule has 14 heteroatoms. The Kier molecular flexibility index (Phi) is 8.03. The summed E-state index contributed by atoms with van der Waals surface area (Å²) in [4.78, 5) is 62.9. The Balaban J connectivity index is 2.04. The van der Waals surface area contributed by atoms with Crippen LogP contribution in [0.1, 0.15) is 43.6 Å². The Morgan fingerprint density at radius 1 is 1.08 bits per heavy atom. The predicted molar refractivity (Wildman–Crippen MR) is 122 cm³/mol. The molecular formula is C23H24N2O12. The van der Waals surface area contributed by atoms with E-state index in [2.05, 4.69) is 4.99 Å². The molecule has 0 bridgehead atoms. The van der Waals surface area contributed by atoms with E-state index in [4.69, 9.17) is 18.9 Å². The Labute approximate surface area is 209 Å². The molecule has 1 aliphatic heterocycles. The number of hydrogen-bond acceptors (Lipinski definition) is 13. The number of nitro groups is 1. The number of nitrogens with zero attached hydrogens (tertiary/aromatic N) is 2. The maximum atomic E-state index is 13.1. The Bertz CT molecular complexity index is 1220. The van der Waals surface area contributed by atoms with Crippen molar-refractivity contribution in [1.82, 2.24) is 0 Å². The molecule has 2 aliphatic rings. The average Bonchev–Trinajstić information content (AvgIpc) is 3.06. The third kappa shape index (κ3) is 5.65. The molecule has 1 aliphatic carbocycles. The first kappa shape index (κ1) is 27.4. The fraction of sp³-hybridized carbons (Fsp3) is 0.435. The van der Waals surface area contributed by atoms with Crippen LogP contribution in [0.5, 0.6) is 0 Å². The van der Waals surface area contributed by atoms with Crippen LogP contribution in [0, 0.1) is 10.1 Å². The van der Waals surface area contributed by atoms with E-state index in [1.807, 2.05) is 0 Å². The van der Waals surface area contributed by atoms with E-state index < -0.39 is 77.3 Å². The van der Waals surface area contributed by atoms with Gasteiger partial charge in [0.1, 0.15) is 30.1 Å². The summed E-state index contributed by atoms with van der Waals surface area (Å²) in [6.07, 6.45) is -5.89. The van der Waals surface area contributed by atoms with E-state index in [9.17, 15) is 39.5 Å². The maximum Gasteiger partial charge on any atom is 0.303 e. The third-order valence-electron chi connectivity index (χ3n) is 5.58. The van der Waals surface area contributed by atoms with Crippen LogP contribution in [0.25, 0.3) is 5.76 Å². The molecule has 1 aromatic rings. The molecule has 2 N–H and O–H groups in total. The number of aliphatic hydroxyl groups excluding tert-OH is 2. The number of ether oxygens (including phenoxy) is 4. The minimum absolute atomic E-state index is 0.0695. The van der Waals surface area contributed by atoms with Crippen LogP contribution in [0.3, 0.4) is 0 Å². The van der Waals surface area contributed by atoms with Crippen molar-refractivity contribution in [2.45, 2.75) is 58.3 Å². The van der Waals surface area contributed by atoms with E-state index in [0.29, 0.717) is 0 Å². The Morgan fingerprint density at radius 2 is 1.70 bits per heavy atom. The Hall–Kier alpha value is -4.17. The standard InChI is InChI=1S/C23H24N2O12/c1-9(16-19(29)13-6-5-7-14(25(32)33)17(13)20(16)30)24-18-22(36-12(4)28)21(35-11(3)27)15(37-23(18)31)8-34-10(2)26/h5-7,15,18,21-23,29,31H,8H2,1-4H3/t15-,18-,21-,22-,23+/m1/s1. The number of nitro benzene ring substituents is 1. The monoisotopic (exact) mass is 520 g/mol. The molecular weight excluding hydrogens is 496 g/mol. The summed E-state index contributed by atoms with van der Waals surface area (Å²) < 4.78 is 20.9. The highest BCUT2D eigenvalue weighted by atomic mass is 16.7. The summed E-state index contributed by atoms with van der Waals surface area (Å²) in [7, 11) is 0. The van der Waals surface area contributed by atoms with Gasteiger partial charge in [0.25, 0.3) is 5.69 Å². The highest BCUT2D eigenvalue weighted by Gasteiger charge is 2.50. The number of aliphatic imine (C=N–C) groups is 1. The van der Waals surface area contributed by atoms with Crippen LogP contribution in [0.15, 0.2) is 28.8 Å². The first-order valence-electron chi connectivity index (χ1n) is 10.9. The zero-order valence-electron chi connectivity index (χ0n) is 20.2. The van der Waals surface area contributed by atoms with Gasteiger partial charge in [0.15, 0.2) is 18.5 Å². The van der Waals surface area contributed by atoms with Crippen LogP contribution < -0.4 is 0 Å². The molecule has 37 heavy (non-hydrogen) atoms. The van der Waals surface area contributed by atoms with Gasteiger partial charge in [0.2, 0.25) is 5.78 Å². The van der Waals surface area contributed by atoms with Gasteiger partial charge in [-0.2, -0.15) is 0 Å². The van der Waals surface area contributed by atoms with Gasteiger partial charge >= 0.3 is 17.9 Å². The van der Waals surface area contributed by atoms with Crippen molar-refractivity contribution in [3.63, 3.8) is 0 Å². The summed E-state index contributed by atoms with van der Waals surface area (Å²) >= 11 is 0. The molecule has 1 heterocycles. The lowest BCUT2D eigenvalue weighted by molar-refractivity contribution is -0.385. The number of hydrogen-bond donors (Lipinski definition) is 2. The van der Waals surface area contributed by atoms with Gasteiger partial charge in [-0.25, -0.2) is 0 Å². The van der Waals surface area contributed by atoms with Crippen molar-refractivity contribution in [3.8, 4) is 0 Å². The number of benzene rings is 1. The molecule has 198 valence electrons. The van der Waals surface area contributed by atoms with Gasteiger partial charge in [-0.1, -0.05) is 6.07 Å². The number of Topliss-reactive ketones (excluding diaryl/α,β-unsaturated/α-hetero) is 1. The Morgan fingerprint density at radius 3 is 2.27 bits per heavy atom. The van der Waals surface area contributed by atoms with Crippen molar-refractivity contribution < 1.29 is 53.3 Å². The minimum atomic E-state index is -1.80. The van der Waals surface area contributed by atoms with Gasteiger partial charge in [-0.15, -0.1) is 0 Å². The molecule has 1 fully saturated rings. The second-order valence-corrected chi connectivity index (χ2v) is 8.23. The maximum absolute atomic E-state index is 13.1. The molecule has 14 nitrogen and oxygen atoms in total. The normalized spacial score (nSPS) is 25.4. The SMILES string of the molecule is CC(=O)OC[C@H]1O[C@H](O)[C@H](N=C(C)C2=C(O)c3cccc([N+](=O)[O-])c3C2=O)[C@@H](OC(C)=O)[C@@H]1OC(C)=O. The number of carbonyl (C=O) groups is 4. The quantitative estimate of drug-likeness (QED) is 0.170.